The van der Waals surface area contributed by atoms with Crippen molar-refractivity contribution >= 4 is 80.9 Å². The minimum absolute atomic E-state index is 1.12. The molecule has 0 fully saturated rings. The molecule has 0 saturated carbocycles. The van der Waals surface area contributed by atoms with Gasteiger partial charge < -0.3 is 4.90 Å². The topological polar surface area (TPSA) is 3.24 Å². The standard InChI is InChI=1S/C48H31NS/c1-2-10-32(11-3-1)33-18-23-37(24-19-33)49(39-27-29-47-46(31-39)44-28-22-34-12-4-7-15-41(34)48(44)50-47)38-25-20-35(21-26-38)45-30-36-13-5-6-14-40(36)42-16-8-9-17-43(42)45/h1-31H. The lowest BCUT2D eigenvalue weighted by Crippen LogP contribution is -2.09. The zero-order chi connectivity index (χ0) is 33.0. The molecular formula is C48H31NS. The number of rotatable bonds is 5. The Balaban J connectivity index is 1.12. The van der Waals surface area contributed by atoms with Crippen molar-refractivity contribution in [2.45, 2.75) is 0 Å². The van der Waals surface area contributed by atoms with Crippen molar-refractivity contribution in [3.63, 3.8) is 0 Å². The molecule has 1 nitrogen and oxygen atoms in total. The molecule has 0 bridgehead atoms. The van der Waals surface area contributed by atoms with Crippen LogP contribution < -0.4 is 4.90 Å². The fraction of sp³-hybridized carbons (Fsp3) is 0. The second kappa shape index (κ2) is 11.7. The lowest BCUT2D eigenvalue weighted by molar-refractivity contribution is 1.29. The second-order valence-corrected chi connectivity index (χ2v) is 14.0. The highest BCUT2D eigenvalue weighted by atomic mass is 32.1. The summed E-state index contributed by atoms with van der Waals surface area (Å²) in [6, 6.07) is 68.7. The van der Waals surface area contributed by atoms with E-state index in [4.69, 9.17) is 0 Å². The van der Waals surface area contributed by atoms with E-state index in [1.54, 1.807) is 0 Å². The number of nitrogens with zero attached hydrogens (tertiary/aromatic N) is 1. The highest BCUT2D eigenvalue weighted by molar-refractivity contribution is 7.26. The largest absolute Gasteiger partial charge is 0.310 e. The van der Waals surface area contributed by atoms with Crippen molar-refractivity contribution in [2.75, 3.05) is 4.90 Å². The molecule has 2 heteroatoms. The van der Waals surface area contributed by atoms with Gasteiger partial charge in [0.2, 0.25) is 0 Å². The summed E-state index contributed by atoms with van der Waals surface area (Å²) < 4.78 is 2.65. The van der Waals surface area contributed by atoms with E-state index in [1.165, 1.54) is 74.7 Å². The summed E-state index contributed by atoms with van der Waals surface area (Å²) >= 11 is 1.89. The minimum Gasteiger partial charge on any atom is -0.310 e. The smallest absolute Gasteiger partial charge is 0.0468 e. The van der Waals surface area contributed by atoms with Gasteiger partial charge in [-0.1, -0.05) is 140 Å². The number of thiophene rings is 1. The van der Waals surface area contributed by atoms with Gasteiger partial charge in [0.05, 0.1) is 0 Å². The lowest BCUT2D eigenvalue weighted by Gasteiger charge is -2.26. The van der Waals surface area contributed by atoms with Crippen LogP contribution in [0.2, 0.25) is 0 Å². The first-order valence-electron chi connectivity index (χ1n) is 17.1. The normalized spacial score (nSPS) is 11.6. The number of hydrogen-bond acceptors (Lipinski definition) is 2. The molecule has 0 aliphatic carbocycles. The third kappa shape index (κ3) is 4.76. The summed E-state index contributed by atoms with van der Waals surface area (Å²) in [5.41, 5.74) is 8.27. The summed E-state index contributed by atoms with van der Waals surface area (Å²) in [7, 11) is 0. The predicted molar refractivity (Wildman–Crippen MR) is 217 cm³/mol. The maximum absolute atomic E-state index is 2.39. The van der Waals surface area contributed by atoms with Crippen molar-refractivity contribution in [2.24, 2.45) is 0 Å². The van der Waals surface area contributed by atoms with Crippen LogP contribution in [0.15, 0.2) is 188 Å². The van der Waals surface area contributed by atoms with Crippen molar-refractivity contribution in [1.82, 2.24) is 0 Å². The van der Waals surface area contributed by atoms with Crippen LogP contribution in [0.25, 0.3) is 74.7 Å². The quantitative estimate of drug-likeness (QED) is 0.167. The van der Waals surface area contributed by atoms with E-state index in [2.05, 4.69) is 193 Å². The maximum atomic E-state index is 2.39. The van der Waals surface area contributed by atoms with Crippen LogP contribution in [0.1, 0.15) is 0 Å². The van der Waals surface area contributed by atoms with Crippen molar-refractivity contribution in [3.8, 4) is 22.3 Å². The molecule has 0 radical (unpaired) electrons. The van der Waals surface area contributed by atoms with E-state index in [1.807, 2.05) is 11.3 Å². The first kappa shape index (κ1) is 28.8. The molecule has 0 N–H and O–H groups in total. The summed E-state index contributed by atoms with van der Waals surface area (Å²) in [6.07, 6.45) is 0. The van der Waals surface area contributed by atoms with Crippen LogP contribution in [0.3, 0.4) is 0 Å². The van der Waals surface area contributed by atoms with Crippen LogP contribution in [-0.4, -0.2) is 0 Å². The summed E-state index contributed by atoms with van der Waals surface area (Å²) in [6.45, 7) is 0. The van der Waals surface area contributed by atoms with E-state index < -0.39 is 0 Å². The Morgan fingerprint density at radius 2 is 0.900 bits per heavy atom. The molecule has 9 aromatic carbocycles. The van der Waals surface area contributed by atoms with Gasteiger partial charge in [0, 0.05) is 37.2 Å². The van der Waals surface area contributed by atoms with Gasteiger partial charge in [-0.2, -0.15) is 0 Å². The molecule has 1 aromatic heterocycles. The van der Waals surface area contributed by atoms with Crippen molar-refractivity contribution < 1.29 is 0 Å². The molecule has 0 saturated heterocycles. The maximum Gasteiger partial charge on any atom is 0.0468 e. The van der Waals surface area contributed by atoms with Crippen LogP contribution in [0.5, 0.6) is 0 Å². The summed E-state index contributed by atoms with van der Waals surface area (Å²) in [4.78, 5) is 2.39. The van der Waals surface area contributed by atoms with Gasteiger partial charge in [0.25, 0.3) is 0 Å². The van der Waals surface area contributed by atoms with Gasteiger partial charge in [-0.3, -0.25) is 0 Å². The van der Waals surface area contributed by atoms with Gasteiger partial charge in [0.15, 0.2) is 0 Å². The Morgan fingerprint density at radius 3 is 1.66 bits per heavy atom. The Labute approximate surface area is 294 Å². The van der Waals surface area contributed by atoms with Crippen molar-refractivity contribution in [3.05, 3.63) is 188 Å². The molecule has 0 spiro atoms. The second-order valence-electron chi connectivity index (χ2n) is 12.9. The molecule has 50 heavy (non-hydrogen) atoms. The van der Waals surface area contributed by atoms with E-state index in [9.17, 15) is 0 Å². The van der Waals surface area contributed by atoms with Crippen LogP contribution in [-0.2, 0) is 0 Å². The fourth-order valence-corrected chi connectivity index (χ4v) is 8.81. The zero-order valence-corrected chi connectivity index (χ0v) is 28.1. The molecule has 0 aliphatic rings. The number of benzene rings is 9. The fourth-order valence-electron chi connectivity index (χ4n) is 7.60. The van der Waals surface area contributed by atoms with Crippen LogP contribution in [0, 0.1) is 0 Å². The first-order valence-corrected chi connectivity index (χ1v) is 17.9. The average Bonchev–Trinajstić information content (AvgIpc) is 3.57. The first-order chi connectivity index (χ1) is 24.8. The molecular weight excluding hydrogens is 623 g/mol. The third-order valence-corrected chi connectivity index (χ3v) is 11.3. The van der Waals surface area contributed by atoms with Gasteiger partial charge in [-0.15, -0.1) is 11.3 Å². The number of hydrogen-bond donors (Lipinski definition) is 0. The highest BCUT2D eigenvalue weighted by Gasteiger charge is 2.17. The molecule has 234 valence electrons. The van der Waals surface area contributed by atoms with Gasteiger partial charge >= 0.3 is 0 Å². The van der Waals surface area contributed by atoms with E-state index in [0.29, 0.717) is 0 Å². The Morgan fingerprint density at radius 1 is 0.320 bits per heavy atom. The third-order valence-electron chi connectivity index (χ3n) is 10.0. The average molecular weight is 654 g/mol. The molecule has 0 amide bonds. The lowest BCUT2D eigenvalue weighted by atomic mass is 9.93. The predicted octanol–water partition coefficient (Wildman–Crippen LogP) is 14.3. The highest BCUT2D eigenvalue weighted by Crippen LogP contribution is 2.44. The van der Waals surface area contributed by atoms with Crippen LogP contribution in [0.4, 0.5) is 17.1 Å². The molecule has 0 atom stereocenters. The van der Waals surface area contributed by atoms with Crippen LogP contribution >= 0.6 is 11.3 Å². The van der Waals surface area contributed by atoms with E-state index >= 15 is 0 Å². The molecule has 0 unspecified atom stereocenters. The summed E-state index contributed by atoms with van der Waals surface area (Å²) in [5, 5.41) is 10.3. The van der Waals surface area contributed by atoms with Crippen molar-refractivity contribution in [1.29, 1.82) is 0 Å². The Hall–Kier alpha value is -6.22. The van der Waals surface area contributed by atoms with Gasteiger partial charge in [-0.05, 0) is 103 Å². The monoisotopic (exact) mass is 653 g/mol. The van der Waals surface area contributed by atoms with E-state index in [-0.39, 0.29) is 0 Å². The zero-order valence-electron chi connectivity index (χ0n) is 27.3. The molecule has 10 rings (SSSR count). The molecule has 10 aromatic rings. The number of anilines is 3. The van der Waals surface area contributed by atoms with Gasteiger partial charge in [0.1, 0.15) is 0 Å². The SMILES string of the molecule is c1ccc(-c2ccc(N(c3ccc(-c4cc5ccccc5c5ccccc45)cc3)c3ccc4sc5c6ccccc6ccc5c4c3)cc2)cc1. The minimum atomic E-state index is 1.12. The Kier molecular flexibility index (Phi) is 6.75. The Bertz CT molecular complexity index is 2850. The van der Waals surface area contributed by atoms with E-state index in [0.717, 1.165) is 17.1 Å². The summed E-state index contributed by atoms with van der Waals surface area (Å²) in [5.74, 6) is 0. The molecule has 1 heterocycles. The van der Waals surface area contributed by atoms with Gasteiger partial charge in [-0.25, -0.2) is 0 Å². The molecule has 0 aliphatic heterocycles. The number of fused-ring (bicyclic) bond motifs is 8.